The molecule has 0 amide bonds. The van der Waals surface area contributed by atoms with Crippen LogP contribution in [0.25, 0.3) is 0 Å². The van der Waals surface area contributed by atoms with E-state index in [1.54, 1.807) is 6.08 Å². The molecule has 5 heteroatoms. The molecule has 1 aliphatic carbocycles. The van der Waals surface area contributed by atoms with Crippen LogP contribution >= 0.6 is 0 Å². The van der Waals surface area contributed by atoms with Crippen LogP contribution in [-0.2, 0) is 21.6 Å². The molecule has 1 aromatic rings. The molecule has 0 unspecified atom stereocenters. The Kier molecular flexibility index (Phi) is 4.15. The van der Waals surface area contributed by atoms with Crippen LogP contribution in [0, 0.1) is 5.82 Å². The van der Waals surface area contributed by atoms with Gasteiger partial charge in [-0.05, 0) is 30.9 Å². The van der Waals surface area contributed by atoms with E-state index < -0.39 is 5.54 Å². The first-order valence-corrected chi connectivity index (χ1v) is 7.42. The molecular formula is C16H19FN2O2. The van der Waals surface area contributed by atoms with Gasteiger partial charge in [0.15, 0.2) is 0 Å². The average Bonchev–Trinajstić information content (AvgIpc) is 2.46. The van der Waals surface area contributed by atoms with Crippen molar-refractivity contribution in [2.75, 3.05) is 26.3 Å². The zero-order valence-corrected chi connectivity index (χ0v) is 12.0. The lowest BCUT2D eigenvalue weighted by atomic mass is 9.72. The molecule has 0 atom stereocenters. The van der Waals surface area contributed by atoms with Gasteiger partial charge < -0.3 is 4.74 Å². The molecule has 1 saturated heterocycles. The summed E-state index contributed by atoms with van der Waals surface area (Å²) in [6, 6.07) is 5.26. The Morgan fingerprint density at radius 1 is 1.33 bits per heavy atom. The Morgan fingerprint density at radius 3 is 2.67 bits per heavy atom. The third kappa shape index (κ3) is 2.91. The molecule has 1 saturated carbocycles. The van der Waals surface area contributed by atoms with Gasteiger partial charge in [0.2, 0.25) is 6.08 Å². The van der Waals surface area contributed by atoms with E-state index >= 15 is 0 Å². The summed E-state index contributed by atoms with van der Waals surface area (Å²) >= 11 is 0. The number of morpholine rings is 1. The predicted molar refractivity (Wildman–Crippen MR) is 76.1 cm³/mol. The van der Waals surface area contributed by atoms with Gasteiger partial charge in [0.1, 0.15) is 5.82 Å². The highest BCUT2D eigenvalue weighted by Crippen LogP contribution is 2.45. The van der Waals surface area contributed by atoms with Crippen LogP contribution in [0.15, 0.2) is 23.2 Å². The number of benzene rings is 1. The minimum absolute atomic E-state index is 0.216. The summed E-state index contributed by atoms with van der Waals surface area (Å²) in [6.45, 7) is 3.67. The van der Waals surface area contributed by atoms with E-state index in [4.69, 9.17) is 4.74 Å². The van der Waals surface area contributed by atoms with Crippen LogP contribution in [0.5, 0.6) is 0 Å². The highest BCUT2D eigenvalue weighted by Gasteiger charge is 2.39. The fraction of sp³-hybridized carbons (Fsp3) is 0.562. The highest BCUT2D eigenvalue weighted by atomic mass is 19.1. The maximum Gasteiger partial charge on any atom is 0.235 e. The maximum absolute atomic E-state index is 14.3. The highest BCUT2D eigenvalue weighted by molar-refractivity contribution is 5.40. The SMILES string of the molecule is O=C=NC1(c2ccc(CN3CCOCC3)c(F)c2)CCC1. The van der Waals surface area contributed by atoms with Crippen molar-refractivity contribution in [2.24, 2.45) is 4.99 Å². The number of nitrogens with zero attached hydrogens (tertiary/aromatic N) is 2. The molecule has 0 spiro atoms. The molecule has 1 heterocycles. The minimum atomic E-state index is -0.528. The number of carbonyl (C=O) groups excluding carboxylic acids is 1. The quantitative estimate of drug-likeness (QED) is 0.631. The molecule has 0 aromatic heterocycles. The summed E-state index contributed by atoms with van der Waals surface area (Å²) in [5, 5.41) is 0. The normalized spacial score (nSPS) is 21.4. The van der Waals surface area contributed by atoms with Gasteiger partial charge in [-0.3, -0.25) is 4.90 Å². The topological polar surface area (TPSA) is 41.9 Å². The second-order valence-corrected chi connectivity index (χ2v) is 5.78. The van der Waals surface area contributed by atoms with Crippen molar-refractivity contribution >= 4 is 6.08 Å². The number of isocyanates is 1. The third-order valence-electron chi connectivity index (χ3n) is 4.53. The monoisotopic (exact) mass is 290 g/mol. The van der Waals surface area contributed by atoms with Crippen molar-refractivity contribution in [3.05, 3.63) is 35.1 Å². The summed E-state index contributed by atoms with van der Waals surface area (Å²) in [5.74, 6) is -0.216. The van der Waals surface area contributed by atoms with Gasteiger partial charge in [0, 0.05) is 25.2 Å². The second kappa shape index (κ2) is 6.06. The molecule has 2 fully saturated rings. The van der Waals surface area contributed by atoms with Gasteiger partial charge in [0.25, 0.3) is 0 Å². The number of hydrogen-bond donors (Lipinski definition) is 0. The van der Waals surface area contributed by atoms with Crippen LogP contribution in [-0.4, -0.2) is 37.3 Å². The van der Waals surface area contributed by atoms with Gasteiger partial charge in [-0.25, -0.2) is 9.18 Å². The van der Waals surface area contributed by atoms with Crippen LogP contribution in [0.1, 0.15) is 30.4 Å². The molecule has 0 radical (unpaired) electrons. The molecule has 2 aliphatic rings. The first-order chi connectivity index (χ1) is 10.2. The van der Waals surface area contributed by atoms with E-state index in [9.17, 15) is 9.18 Å². The summed E-state index contributed by atoms with van der Waals surface area (Å²) in [5.41, 5.74) is 0.950. The smallest absolute Gasteiger partial charge is 0.235 e. The molecule has 112 valence electrons. The lowest BCUT2D eigenvalue weighted by Crippen LogP contribution is -2.36. The van der Waals surface area contributed by atoms with E-state index in [1.807, 2.05) is 12.1 Å². The molecule has 0 N–H and O–H groups in total. The van der Waals surface area contributed by atoms with Crippen molar-refractivity contribution < 1.29 is 13.9 Å². The average molecular weight is 290 g/mol. The zero-order chi connectivity index (χ0) is 14.7. The van der Waals surface area contributed by atoms with Crippen molar-refractivity contribution in [1.29, 1.82) is 0 Å². The fourth-order valence-electron chi connectivity index (χ4n) is 3.03. The first-order valence-electron chi connectivity index (χ1n) is 7.42. The van der Waals surface area contributed by atoms with Crippen molar-refractivity contribution in [3.8, 4) is 0 Å². The Bertz CT molecular complexity index is 559. The van der Waals surface area contributed by atoms with Gasteiger partial charge in [-0.15, -0.1) is 0 Å². The lowest BCUT2D eigenvalue weighted by Gasteiger charge is -2.37. The number of ether oxygens (including phenoxy) is 1. The Balaban J connectivity index is 1.77. The van der Waals surface area contributed by atoms with E-state index in [2.05, 4.69) is 9.89 Å². The van der Waals surface area contributed by atoms with Gasteiger partial charge in [-0.1, -0.05) is 12.1 Å². The van der Waals surface area contributed by atoms with Gasteiger partial charge in [-0.2, -0.15) is 4.99 Å². The van der Waals surface area contributed by atoms with Crippen LogP contribution in [0.4, 0.5) is 4.39 Å². The summed E-state index contributed by atoms with van der Waals surface area (Å²) in [7, 11) is 0. The van der Waals surface area contributed by atoms with E-state index in [1.165, 1.54) is 6.07 Å². The largest absolute Gasteiger partial charge is 0.379 e. The minimum Gasteiger partial charge on any atom is -0.379 e. The lowest BCUT2D eigenvalue weighted by molar-refractivity contribution is 0.0337. The van der Waals surface area contributed by atoms with Crippen LogP contribution < -0.4 is 0 Å². The predicted octanol–water partition coefficient (Wildman–Crippen LogP) is 2.37. The molecular weight excluding hydrogens is 271 g/mol. The van der Waals surface area contributed by atoms with Crippen molar-refractivity contribution in [3.63, 3.8) is 0 Å². The number of rotatable bonds is 4. The fourth-order valence-corrected chi connectivity index (χ4v) is 3.03. The number of hydrogen-bond acceptors (Lipinski definition) is 4. The third-order valence-corrected chi connectivity index (χ3v) is 4.53. The Hall–Kier alpha value is -1.55. The van der Waals surface area contributed by atoms with Crippen molar-refractivity contribution in [2.45, 2.75) is 31.3 Å². The second-order valence-electron chi connectivity index (χ2n) is 5.78. The maximum atomic E-state index is 14.3. The summed E-state index contributed by atoms with van der Waals surface area (Å²) < 4.78 is 19.6. The number of halogens is 1. The van der Waals surface area contributed by atoms with Gasteiger partial charge in [0.05, 0.1) is 18.8 Å². The molecule has 1 aromatic carbocycles. The Labute approximate surface area is 123 Å². The molecule has 1 aliphatic heterocycles. The molecule has 3 rings (SSSR count). The molecule has 21 heavy (non-hydrogen) atoms. The van der Waals surface area contributed by atoms with Gasteiger partial charge >= 0.3 is 0 Å². The van der Waals surface area contributed by atoms with Crippen LogP contribution in [0.2, 0.25) is 0 Å². The molecule has 4 nitrogen and oxygen atoms in total. The van der Waals surface area contributed by atoms with Crippen molar-refractivity contribution in [1.82, 2.24) is 4.90 Å². The number of aliphatic imine (C=N–C) groups is 1. The summed E-state index contributed by atoms with van der Waals surface area (Å²) in [6.07, 6.45) is 4.25. The standard InChI is InChI=1S/C16H19FN2O2/c17-15-10-14(16(18-12-20)4-1-5-16)3-2-13(15)11-19-6-8-21-9-7-19/h2-3,10H,1,4-9,11H2. The first kappa shape index (κ1) is 14.4. The summed E-state index contributed by atoms with van der Waals surface area (Å²) in [4.78, 5) is 16.7. The van der Waals surface area contributed by atoms with Crippen LogP contribution in [0.3, 0.4) is 0 Å². The van der Waals surface area contributed by atoms with E-state index in [0.717, 1.165) is 37.9 Å². The van der Waals surface area contributed by atoms with E-state index in [-0.39, 0.29) is 5.82 Å². The Morgan fingerprint density at radius 2 is 2.10 bits per heavy atom. The zero-order valence-electron chi connectivity index (χ0n) is 12.0. The molecule has 0 bridgehead atoms. The van der Waals surface area contributed by atoms with E-state index in [0.29, 0.717) is 25.3 Å².